The lowest BCUT2D eigenvalue weighted by atomic mass is 9.71. The lowest BCUT2D eigenvalue weighted by Crippen LogP contribution is -2.41. The van der Waals surface area contributed by atoms with Crippen LogP contribution in [0.3, 0.4) is 0 Å². The number of benzene rings is 1. The Hall–Kier alpha value is -1.92. The van der Waals surface area contributed by atoms with E-state index in [1.165, 1.54) is 4.90 Å². The summed E-state index contributed by atoms with van der Waals surface area (Å²) >= 11 is 6.38. The van der Waals surface area contributed by atoms with Gasteiger partial charge in [-0.2, -0.15) is 0 Å². The highest BCUT2D eigenvalue weighted by molar-refractivity contribution is 6.34. The Kier molecular flexibility index (Phi) is 3.85. The predicted octanol–water partition coefficient (Wildman–Crippen LogP) is 1.87. The molecule has 0 N–H and O–H groups in total. The minimum Gasteiger partial charge on any atom is -0.391 e. The van der Waals surface area contributed by atoms with Crippen molar-refractivity contribution in [2.45, 2.75) is 12.5 Å². The second-order valence-electron chi connectivity index (χ2n) is 8.30. The number of halogens is 1. The molecule has 0 radical (unpaired) electrons. The average molecular weight is 388 g/mol. The van der Waals surface area contributed by atoms with Gasteiger partial charge in [-0.3, -0.25) is 14.5 Å². The van der Waals surface area contributed by atoms with Crippen LogP contribution in [0.15, 0.2) is 29.4 Å². The zero-order valence-corrected chi connectivity index (χ0v) is 16.1. The van der Waals surface area contributed by atoms with E-state index in [1.807, 2.05) is 43.3 Å². The number of fused-ring (bicyclic) bond motifs is 8. The standard InChI is InChI=1S/C20H22ClN3O3/c1-23(2)7-8-24-19(25)14-11-9-12(15(14)20(24)26)18-16(11)17(22-27-18)10-5-3-4-6-13(10)21/h3-6,11-12,14-16,18H,7-9H2,1-2H3/t11-,12+,14+,15-,16+,18+/m1/s1. The molecule has 2 saturated carbocycles. The molecule has 2 amide bonds. The number of imide groups is 1. The molecule has 5 rings (SSSR count). The molecule has 27 heavy (non-hydrogen) atoms. The molecule has 2 aliphatic carbocycles. The van der Waals surface area contributed by atoms with Crippen molar-refractivity contribution in [3.63, 3.8) is 0 Å². The first-order valence-electron chi connectivity index (χ1n) is 9.47. The first kappa shape index (κ1) is 17.2. The van der Waals surface area contributed by atoms with Gasteiger partial charge in [0.05, 0.1) is 17.5 Å². The van der Waals surface area contributed by atoms with Crippen molar-refractivity contribution in [1.29, 1.82) is 0 Å². The van der Waals surface area contributed by atoms with Crippen molar-refractivity contribution in [3.05, 3.63) is 34.9 Å². The Bertz CT molecular complexity index is 855. The highest BCUT2D eigenvalue weighted by atomic mass is 35.5. The Morgan fingerprint density at radius 2 is 1.85 bits per heavy atom. The molecule has 2 aliphatic heterocycles. The molecule has 4 aliphatic rings. The van der Waals surface area contributed by atoms with Crippen LogP contribution in [0.25, 0.3) is 0 Å². The van der Waals surface area contributed by atoms with Gasteiger partial charge in [0.15, 0.2) is 0 Å². The van der Waals surface area contributed by atoms with Crippen molar-refractivity contribution < 1.29 is 14.4 Å². The molecular formula is C20H22ClN3O3. The highest BCUT2D eigenvalue weighted by Gasteiger charge is 2.70. The molecule has 3 fully saturated rings. The zero-order chi connectivity index (χ0) is 18.9. The number of amides is 2. The number of hydrogen-bond acceptors (Lipinski definition) is 5. The van der Waals surface area contributed by atoms with Crippen LogP contribution >= 0.6 is 11.6 Å². The number of nitrogens with zero attached hydrogens (tertiary/aromatic N) is 3. The van der Waals surface area contributed by atoms with Crippen LogP contribution in [0.2, 0.25) is 5.02 Å². The Morgan fingerprint density at radius 3 is 2.56 bits per heavy atom. The van der Waals surface area contributed by atoms with E-state index in [9.17, 15) is 9.59 Å². The molecular weight excluding hydrogens is 366 g/mol. The first-order chi connectivity index (χ1) is 13.0. The smallest absolute Gasteiger partial charge is 0.233 e. The fourth-order valence-corrected chi connectivity index (χ4v) is 5.83. The molecule has 6 nitrogen and oxygen atoms in total. The SMILES string of the molecule is CN(C)CCN1C(=O)[C@@H]2[C@@H]3C[C@@H]([C@H]4C(c5ccccc5Cl)=NO[C@@H]34)[C@@H]2C1=O. The van der Waals surface area contributed by atoms with Crippen molar-refractivity contribution >= 4 is 29.1 Å². The zero-order valence-electron chi connectivity index (χ0n) is 15.3. The minimum atomic E-state index is -0.244. The summed E-state index contributed by atoms with van der Waals surface area (Å²) in [5.74, 6) is -0.303. The van der Waals surface area contributed by atoms with Crippen molar-refractivity contribution in [1.82, 2.24) is 9.80 Å². The van der Waals surface area contributed by atoms with Gasteiger partial charge in [0.25, 0.3) is 0 Å². The average Bonchev–Trinajstić information content (AvgIpc) is 3.35. The maximum Gasteiger partial charge on any atom is 0.233 e. The number of likely N-dealkylation sites (tertiary alicyclic amines) is 1. The third-order valence-electron chi connectivity index (χ3n) is 6.70. The summed E-state index contributed by atoms with van der Waals surface area (Å²) in [5, 5.41) is 4.98. The van der Waals surface area contributed by atoms with Gasteiger partial charge in [0.2, 0.25) is 11.8 Å². The van der Waals surface area contributed by atoms with E-state index in [1.54, 1.807) is 0 Å². The summed E-state index contributed by atoms with van der Waals surface area (Å²) in [7, 11) is 3.89. The van der Waals surface area contributed by atoms with Gasteiger partial charge in [-0.25, -0.2) is 0 Å². The summed E-state index contributed by atoms with van der Waals surface area (Å²) < 4.78 is 0. The van der Waals surface area contributed by atoms with Gasteiger partial charge in [0, 0.05) is 35.5 Å². The molecule has 142 valence electrons. The Labute approximate surface area is 163 Å². The molecule has 2 heterocycles. The minimum absolute atomic E-state index is 0.0109. The van der Waals surface area contributed by atoms with Gasteiger partial charge in [-0.1, -0.05) is 35.0 Å². The lowest BCUT2D eigenvalue weighted by Gasteiger charge is -2.30. The maximum absolute atomic E-state index is 13.1. The van der Waals surface area contributed by atoms with Gasteiger partial charge in [0.1, 0.15) is 6.10 Å². The van der Waals surface area contributed by atoms with Gasteiger partial charge < -0.3 is 9.74 Å². The van der Waals surface area contributed by atoms with E-state index < -0.39 is 0 Å². The number of rotatable bonds is 4. The molecule has 0 unspecified atom stereocenters. The summed E-state index contributed by atoms with van der Waals surface area (Å²) in [5.41, 5.74) is 1.71. The molecule has 2 bridgehead atoms. The molecule has 7 heteroatoms. The van der Waals surface area contributed by atoms with Crippen LogP contribution in [-0.2, 0) is 14.4 Å². The molecule has 1 saturated heterocycles. The fourth-order valence-electron chi connectivity index (χ4n) is 5.60. The number of likely N-dealkylation sites (N-methyl/N-ethyl adjacent to an activating group) is 1. The molecule has 1 aromatic carbocycles. The van der Waals surface area contributed by atoms with E-state index in [2.05, 4.69) is 5.16 Å². The predicted molar refractivity (Wildman–Crippen MR) is 100 cm³/mol. The van der Waals surface area contributed by atoms with Gasteiger partial charge in [-0.15, -0.1) is 0 Å². The Morgan fingerprint density at radius 1 is 1.15 bits per heavy atom. The maximum atomic E-state index is 13.1. The Balaban J connectivity index is 1.44. The monoisotopic (exact) mass is 387 g/mol. The van der Waals surface area contributed by atoms with E-state index in [0.29, 0.717) is 18.1 Å². The van der Waals surface area contributed by atoms with Crippen LogP contribution < -0.4 is 0 Å². The van der Waals surface area contributed by atoms with E-state index in [0.717, 1.165) is 17.7 Å². The topological polar surface area (TPSA) is 62.2 Å². The number of carbonyl (C=O) groups excluding carboxylic acids is 2. The van der Waals surface area contributed by atoms with Gasteiger partial charge >= 0.3 is 0 Å². The normalized spacial score (nSPS) is 36.3. The summed E-state index contributed by atoms with van der Waals surface area (Å²) in [4.78, 5) is 35.3. The van der Waals surface area contributed by atoms with Crippen molar-refractivity contribution in [2.24, 2.45) is 34.7 Å². The molecule has 6 atom stereocenters. The molecule has 1 aromatic rings. The van der Waals surface area contributed by atoms with E-state index >= 15 is 0 Å². The third-order valence-corrected chi connectivity index (χ3v) is 7.03. The summed E-state index contributed by atoms with van der Waals surface area (Å²) in [6.45, 7) is 1.14. The quantitative estimate of drug-likeness (QED) is 0.740. The molecule has 0 spiro atoms. The second kappa shape index (κ2) is 6.04. The largest absolute Gasteiger partial charge is 0.391 e. The van der Waals surface area contributed by atoms with Crippen LogP contribution in [0.4, 0.5) is 0 Å². The number of hydrogen-bond donors (Lipinski definition) is 0. The highest BCUT2D eigenvalue weighted by Crippen LogP contribution is 2.61. The van der Waals surface area contributed by atoms with Crippen LogP contribution in [-0.4, -0.2) is 60.6 Å². The van der Waals surface area contributed by atoms with Gasteiger partial charge in [-0.05, 0) is 32.5 Å². The van der Waals surface area contributed by atoms with E-state index in [4.69, 9.17) is 16.4 Å². The number of oxime groups is 1. The van der Waals surface area contributed by atoms with Crippen LogP contribution in [0, 0.1) is 29.6 Å². The third kappa shape index (κ3) is 2.32. The number of carbonyl (C=O) groups is 2. The first-order valence-corrected chi connectivity index (χ1v) is 9.85. The fraction of sp³-hybridized carbons (Fsp3) is 0.550. The lowest BCUT2D eigenvalue weighted by molar-refractivity contribution is -0.141. The van der Waals surface area contributed by atoms with Crippen molar-refractivity contribution in [2.75, 3.05) is 27.2 Å². The summed E-state index contributed by atoms with van der Waals surface area (Å²) in [6, 6.07) is 7.61. The summed E-state index contributed by atoms with van der Waals surface area (Å²) in [6.07, 6.45) is 0.737. The van der Waals surface area contributed by atoms with Crippen molar-refractivity contribution in [3.8, 4) is 0 Å². The van der Waals surface area contributed by atoms with Crippen LogP contribution in [0.5, 0.6) is 0 Å². The molecule has 0 aromatic heterocycles. The second-order valence-corrected chi connectivity index (χ2v) is 8.71. The van der Waals surface area contributed by atoms with Crippen LogP contribution in [0.1, 0.15) is 12.0 Å². The van der Waals surface area contributed by atoms with E-state index in [-0.39, 0.29) is 47.5 Å².